The summed E-state index contributed by atoms with van der Waals surface area (Å²) < 4.78 is 10.3. The molecule has 0 saturated carbocycles. The van der Waals surface area contributed by atoms with Crippen LogP contribution in [0.4, 0.5) is 0 Å². The van der Waals surface area contributed by atoms with Gasteiger partial charge in [0.2, 0.25) is 0 Å². The first-order valence-electron chi connectivity index (χ1n) is 5.82. The van der Waals surface area contributed by atoms with Crippen molar-refractivity contribution in [2.24, 2.45) is 0 Å². The second-order valence-electron chi connectivity index (χ2n) is 3.77. The average Bonchev–Trinajstić information content (AvgIpc) is 2.85. The number of nitrogens with one attached hydrogen (secondary N) is 2. The molecule has 0 radical (unpaired) electrons. The van der Waals surface area contributed by atoms with Crippen LogP contribution in [0.2, 0.25) is 0 Å². The van der Waals surface area contributed by atoms with Gasteiger partial charge in [-0.3, -0.25) is 0 Å². The standard InChI is InChI=1S/C12H22N2O2S/c1-15-10-11(16-2)8-13-5-6-14-9-12-4-3-7-17-12/h3-4,7,11,13-14H,5-6,8-10H2,1-2H3. The highest BCUT2D eigenvalue weighted by Crippen LogP contribution is 2.06. The van der Waals surface area contributed by atoms with Crippen LogP contribution in [-0.4, -0.2) is 46.6 Å². The molecule has 98 valence electrons. The summed E-state index contributed by atoms with van der Waals surface area (Å²) in [6.07, 6.45) is 0.136. The van der Waals surface area contributed by atoms with Crippen LogP contribution >= 0.6 is 11.3 Å². The molecule has 4 nitrogen and oxygen atoms in total. The summed E-state index contributed by atoms with van der Waals surface area (Å²) in [5, 5.41) is 8.82. The molecule has 0 aromatic carbocycles. The minimum absolute atomic E-state index is 0.136. The van der Waals surface area contributed by atoms with Crippen LogP contribution in [-0.2, 0) is 16.0 Å². The van der Waals surface area contributed by atoms with E-state index in [2.05, 4.69) is 28.1 Å². The Morgan fingerprint density at radius 1 is 1.29 bits per heavy atom. The lowest BCUT2D eigenvalue weighted by molar-refractivity contribution is 0.0291. The average molecular weight is 258 g/mol. The van der Waals surface area contributed by atoms with E-state index in [4.69, 9.17) is 9.47 Å². The Bertz CT molecular complexity index is 267. The number of methoxy groups -OCH3 is 2. The Labute approximate surface area is 107 Å². The fourth-order valence-electron chi connectivity index (χ4n) is 1.46. The summed E-state index contributed by atoms with van der Waals surface area (Å²) in [5.41, 5.74) is 0. The van der Waals surface area contributed by atoms with E-state index in [1.54, 1.807) is 25.6 Å². The van der Waals surface area contributed by atoms with E-state index in [1.807, 2.05) is 0 Å². The number of rotatable bonds is 10. The van der Waals surface area contributed by atoms with Crippen molar-refractivity contribution in [1.29, 1.82) is 0 Å². The first-order chi connectivity index (χ1) is 8.36. The molecule has 1 rings (SSSR count). The number of thiophene rings is 1. The normalized spacial score (nSPS) is 12.8. The van der Waals surface area contributed by atoms with Gasteiger partial charge in [-0.15, -0.1) is 11.3 Å². The van der Waals surface area contributed by atoms with Crippen LogP contribution in [0.5, 0.6) is 0 Å². The Morgan fingerprint density at radius 3 is 2.76 bits per heavy atom. The molecule has 2 N–H and O–H groups in total. The zero-order valence-corrected chi connectivity index (χ0v) is 11.4. The highest BCUT2D eigenvalue weighted by Gasteiger charge is 2.04. The lowest BCUT2D eigenvalue weighted by Crippen LogP contribution is -2.35. The first kappa shape index (κ1) is 14.6. The van der Waals surface area contributed by atoms with Gasteiger partial charge >= 0.3 is 0 Å². The summed E-state index contributed by atoms with van der Waals surface area (Å²) >= 11 is 1.78. The number of ether oxygens (including phenoxy) is 2. The van der Waals surface area contributed by atoms with Gasteiger partial charge in [-0.2, -0.15) is 0 Å². The molecule has 1 aromatic heterocycles. The van der Waals surface area contributed by atoms with E-state index in [0.717, 1.165) is 26.2 Å². The Hall–Kier alpha value is -0.460. The van der Waals surface area contributed by atoms with Gasteiger partial charge in [0, 0.05) is 45.3 Å². The Balaban J connectivity index is 1.93. The van der Waals surface area contributed by atoms with Gasteiger partial charge in [0.1, 0.15) is 0 Å². The molecule has 1 heterocycles. The van der Waals surface area contributed by atoms with Crippen molar-refractivity contribution in [3.63, 3.8) is 0 Å². The van der Waals surface area contributed by atoms with E-state index < -0.39 is 0 Å². The lowest BCUT2D eigenvalue weighted by atomic mass is 10.3. The highest BCUT2D eigenvalue weighted by atomic mass is 32.1. The van der Waals surface area contributed by atoms with Crippen molar-refractivity contribution in [3.8, 4) is 0 Å². The van der Waals surface area contributed by atoms with Gasteiger partial charge in [0.15, 0.2) is 0 Å². The van der Waals surface area contributed by atoms with Crippen LogP contribution in [0, 0.1) is 0 Å². The van der Waals surface area contributed by atoms with E-state index >= 15 is 0 Å². The van der Waals surface area contributed by atoms with E-state index in [-0.39, 0.29) is 6.10 Å². The molecule has 1 aromatic rings. The van der Waals surface area contributed by atoms with Crippen molar-refractivity contribution in [1.82, 2.24) is 10.6 Å². The predicted octanol–water partition coefficient (Wildman–Crippen LogP) is 1.09. The summed E-state index contributed by atoms with van der Waals surface area (Å²) in [5.74, 6) is 0. The van der Waals surface area contributed by atoms with Crippen molar-refractivity contribution in [3.05, 3.63) is 22.4 Å². The zero-order valence-electron chi connectivity index (χ0n) is 10.6. The number of hydrogen-bond donors (Lipinski definition) is 2. The fraction of sp³-hybridized carbons (Fsp3) is 0.667. The van der Waals surface area contributed by atoms with Crippen LogP contribution in [0.3, 0.4) is 0 Å². The molecule has 17 heavy (non-hydrogen) atoms. The molecular weight excluding hydrogens is 236 g/mol. The van der Waals surface area contributed by atoms with Gasteiger partial charge in [-0.05, 0) is 11.4 Å². The SMILES string of the molecule is COCC(CNCCNCc1cccs1)OC. The van der Waals surface area contributed by atoms with E-state index in [0.29, 0.717) is 6.61 Å². The topological polar surface area (TPSA) is 42.5 Å². The minimum atomic E-state index is 0.136. The van der Waals surface area contributed by atoms with Gasteiger partial charge in [-0.25, -0.2) is 0 Å². The molecule has 0 amide bonds. The summed E-state index contributed by atoms with van der Waals surface area (Å²) in [7, 11) is 3.40. The lowest BCUT2D eigenvalue weighted by Gasteiger charge is -2.15. The zero-order chi connectivity index (χ0) is 12.3. The fourth-order valence-corrected chi connectivity index (χ4v) is 2.14. The number of hydrogen-bond acceptors (Lipinski definition) is 5. The summed E-state index contributed by atoms with van der Waals surface area (Å²) in [4.78, 5) is 1.37. The molecule has 0 saturated heterocycles. The van der Waals surface area contributed by atoms with E-state index in [1.165, 1.54) is 4.88 Å². The molecule has 1 atom stereocenters. The highest BCUT2D eigenvalue weighted by molar-refractivity contribution is 7.09. The van der Waals surface area contributed by atoms with Crippen molar-refractivity contribution in [2.75, 3.05) is 40.5 Å². The molecule has 0 fully saturated rings. The third-order valence-corrected chi connectivity index (χ3v) is 3.29. The van der Waals surface area contributed by atoms with Gasteiger partial charge in [0.25, 0.3) is 0 Å². The summed E-state index contributed by atoms with van der Waals surface area (Å²) in [6.45, 7) is 4.30. The third-order valence-electron chi connectivity index (χ3n) is 2.42. The van der Waals surface area contributed by atoms with Crippen LogP contribution in [0.15, 0.2) is 17.5 Å². The van der Waals surface area contributed by atoms with Crippen LogP contribution in [0.25, 0.3) is 0 Å². The van der Waals surface area contributed by atoms with E-state index in [9.17, 15) is 0 Å². The second-order valence-corrected chi connectivity index (χ2v) is 4.81. The molecule has 5 heteroatoms. The Morgan fingerprint density at radius 2 is 2.12 bits per heavy atom. The second kappa shape index (κ2) is 9.56. The van der Waals surface area contributed by atoms with Gasteiger partial charge in [-0.1, -0.05) is 6.07 Å². The summed E-state index contributed by atoms with van der Waals surface area (Å²) in [6, 6.07) is 4.22. The smallest absolute Gasteiger partial charge is 0.0928 e. The molecule has 0 aliphatic heterocycles. The first-order valence-corrected chi connectivity index (χ1v) is 6.70. The minimum Gasteiger partial charge on any atom is -0.382 e. The Kier molecular flexibility index (Phi) is 8.21. The molecule has 0 spiro atoms. The monoisotopic (exact) mass is 258 g/mol. The van der Waals surface area contributed by atoms with Gasteiger partial charge < -0.3 is 20.1 Å². The maximum Gasteiger partial charge on any atom is 0.0928 e. The largest absolute Gasteiger partial charge is 0.382 e. The predicted molar refractivity (Wildman–Crippen MR) is 71.6 cm³/mol. The quantitative estimate of drug-likeness (QED) is 0.617. The maximum atomic E-state index is 5.25. The molecule has 0 aliphatic carbocycles. The molecular formula is C12H22N2O2S. The van der Waals surface area contributed by atoms with Crippen LogP contribution in [0.1, 0.15) is 4.88 Å². The third kappa shape index (κ3) is 6.75. The van der Waals surface area contributed by atoms with Crippen molar-refractivity contribution >= 4 is 11.3 Å². The molecule has 1 unspecified atom stereocenters. The molecule has 0 aliphatic rings. The van der Waals surface area contributed by atoms with Gasteiger partial charge in [0.05, 0.1) is 12.7 Å². The molecule has 0 bridgehead atoms. The van der Waals surface area contributed by atoms with Crippen LogP contribution < -0.4 is 10.6 Å². The van der Waals surface area contributed by atoms with Crippen molar-refractivity contribution in [2.45, 2.75) is 12.6 Å². The maximum absolute atomic E-state index is 5.25. The van der Waals surface area contributed by atoms with Crippen molar-refractivity contribution < 1.29 is 9.47 Å².